The van der Waals surface area contributed by atoms with Crippen LogP contribution in [0, 0.1) is 7.53 Å². The van der Waals surface area contributed by atoms with Crippen molar-refractivity contribution in [3.8, 4) is 11.5 Å². The molecule has 0 atom stereocenters. The molecule has 6 nitrogen and oxygen atoms in total. The van der Waals surface area contributed by atoms with Crippen LogP contribution in [0.15, 0.2) is 167 Å². The first-order valence-corrected chi connectivity index (χ1v) is 25.3. The summed E-state index contributed by atoms with van der Waals surface area (Å²) in [5.41, 5.74) is -30.2. The smallest absolute Gasteiger partial charge is 0.421 e. The SMILES string of the molecule is FC(F)(F)c1cc([B-](c2cc(C(F)(F)F)cc(C(F)(F)F)c2)(c2cc(C(F)(F)F)cc(C(F)(F)F)c2)c2cc(C(F)(F)F)cc(C(F)(F)F)c2)cc(C(F)(F)F)c1.O=C(Oc1ccccc1)c1ccc([I+]c2ccc(C(=O)Oc3ccccc3)o2)o1. The van der Waals surface area contributed by atoms with Gasteiger partial charge >= 0.3 is 90.1 Å². The fourth-order valence-corrected chi connectivity index (χ4v) is 10.3. The molecule has 0 aliphatic rings. The molecule has 0 unspecified atom stereocenters. The Morgan fingerprint density at radius 3 is 0.709 bits per heavy atom. The minimum absolute atomic E-state index is 0.110. The van der Waals surface area contributed by atoms with Gasteiger partial charge in [0, 0.05) is 12.1 Å². The van der Waals surface area contributed by atoms with Crippen LogP contribution < -0.4 is 52.5 Å². The second-order valence-electron chi connectivity index (χ2n) is 17.9. The van der Waals surface area contributed by atoms with Crippen LogP contribution in [-0.4, -0.2) is 18.1 Å². The topological polar surface area (TPSA) is 78.9 Å². The third-order valence-corrected chi connectivity index (χ3v) is 14.3. The second-order valence-corrected chi connectivity index (χ2v) is 20.6. The predicted octanol–water partition coefficient (Wildman–Crippen LogP) is 12.7. The summed E-state index contributed by atoms with van der Waals surface area (Å²) in [6.45, 7) is 0. The van der Waals surface area contributed by atoms with Gasteiger partial charge in [0.15, 0.2) is 0 Å². The number of furan rings is 2. The van der Waals surface area contributed by atoms with Crippen molar-refractivity contribution in [2.24, 2.45) is 0 Å². The molecule has 8 aromatic rings. The number of halogens is 25. The van der Waals surface area contributed by atoms with E-state index in [1.807, 2.05) is 12.1 Å². The van der Waals surface area contributed by atoms with Crippen molar-refractivity contribution in [2.75, 3.05) is 0 Å². The van der Waals surface area contributed by atoms with E-state index in [1.54, 1.807) is 72.8 Å². The molecule has 32 heteroatoms. The Hall–Kier alpha value is -8.07. The summed E-state index contributed by atoms with van der Waals surface area (Å²) in [7, 11) is 0. The molecule has 2 heterocycles. The normalized spacial score (nSPS) is 13.0. The maximum absolute atomic E-state index is 14.2. The van der Waals surface area contributed by atoms with E-state index < -0.39 is 228 Å². The molecule has 0 radical (unpaired) electrons. The summed E-state index contributed by atoms with van der Waals surface area (Å²) < 4.78 is 364. The van der Waals surface area contributed by atoms with Crippen molar-refractivity contribution >= 4 is 39.9 Å². The number of ether oxygens (including phenoxy) is 2. The van der Waals surface area contributed by atoms with E-state index in [2.05, 4.69) is 0 Å². The van der Waals surface area contributed by atoms with Crippen LogP contribution in [0.1, 0.15) is 65.6 Å². The monoisotopic (exact) mass is 1360 g/mol. The molecular weight excluding hydrogens is 1340 g/mol. The number of rotatable bonds is 10. The van der Waals surface area contributed by atoms with Crippen molar-refractivity contribution in [3.63, 3.8) is 0 Å². The Bertz CT molecular complexity index is 3210. The van der Waals surface area contributed by atoms with Gasteiger partial charge in [-0.05, 0) is 60.7 Å². The summed E-state index contributed by atoms with van der Waals surface area (Å²) in [6, 6.07) is 15.3. The van der Waals surface area contributed by atoms with Crippen molar-refractivity contribution in [1.29, 1.82) is 0 Å². The summed E-state index contributed by atoms with van der Waals surface area (Å²) in [5.74, 6) is -0.0378. The first-order chi connectivity index (χ1) is 39.4. The van der Waals surface area contributed by atoms with Crippen LogP contribution in [0.3, 0.4) is 0 Å². The lowest BCUT2D eigenvalue weighted by molar-refractivity contribution is -0.636. The molecule has 0 spiro atoms. The number of hydrogen-bond acceptors (Lipinski definition) is 6. The standard InChI is InChI=1S/C32H12BF24.C22H14IO6/c34-25(35,36)13-1-14(26(37,38)39)6-21(5-13)33(22-7-15(27(40,41)42)2-16(8-22)28(43,44)45,23-9-17(29(46,47)48)3-18(10-23)30(49,50)51)24-11-19(31(52,53)54)4-20(12-24)32(55,56)57;24-21(26-15-7-3-1-4-8-15)17-11-13-19(28-17)23-20-14-12-18(29-20)22(25)27-16-9-5-2-6-10-16/h1-12H;1-14H/q-1;+1. The van der Waals surface area contributed by atoms with Gasteiger partial charge < -0.3 is 18.3 Å². The molecule has 8 rings (SSSR count). The highest BCUT2D eigenvalue weighted by Crippen LogP contribution is 2.41. The maximum Gasteiger partial charge on any atom is 0.443 e. The molecule has 6 aromatic carbocycles. The minimum Gasteiger partial charge on any atom is -0.421 e. The summed E-state index contributed by atoms with van der Waals surface area (Å²) in [4.78, 5) is 24.3. The van der Waals surface area contributed by atoms with Gasteiger partial charge in [0.25, 0.3) is 0 Å². The lowest BCUT2D eigenvalue weighted by Crippen LogP contribution is -3.61. The molecule has 0 saturated carbocycles. The number of esters is 2. The molecule has 0 amide bonds. The van der Waals surface area contributed by atoms with E-state index in [4.69, 9.17) is 18.3 Å². The van der Waals surface area contributed by atoms with Gasteiger partial charge in [0.1, 0.15) is 17.6 Å². The highest BCUT2D eigenvalue weighted by Gasteiger charge is 2.47. The van der Waals surface area contributed by atoms with Crippen LogP contribution in [0.5, 0.6) is 11.5 Å². The minimum atomic E-state index is -6.13. The van der Waals surface area contributed by atoms with Gasteiger partial charge in [-0.2, -0.15) is 127 Å². The zero-order valence-corrected chi connectivity index (χ0v) is 43.6. The third-order valence-electron chi connectivity index (χ3n) is 12.1. The number of benzene rings is 6. The predicted molar refractivity (Wildman–Crippen MR) is 248 cm³/mol. The molecular formula is C54H26BF24IO6. The molecule has 0 bridgehead atoms. The van der Waals surface area contributed by atoms with E-state index in [-0.39, 0.29) is 11.5 Å². The summed E-state index contributed by atoms with van der Waals surface area (Å²) in [6.07, 6.45) is -54.8. The van der Waals surface area contributed by atoms with E-state index in [9.17, 15) is 115 Å². The molecule has 0 aliphatic heterocycles. The fourth-order valence-electron chi connectivity index (χ4n) is 8.40. The number of hydrogen-bond donors (Lipinski definition) is 0. The van der Waals surface area contributed by atoms with Crippen LogP contribution in [0.2, 0.25) is 0 Å². The Balaban J connectivity index is 0.000000302. The summed E-state index contributed by atoms with van der Waals surface area (Å²) in [5, 5.41) is 0. The Morgan fingerprint density at radius 1 is 0.302 bits per heavy atom. The zero-order valence-electron chi connectivity index (χ0n) is 41.5. The molecule has 0 saturated heterocycles. The van der Waals surface area contributed by atoms with Crippen LogP contribution >= 0.6 is 0 Å². The molecule has 0 N–H and O–H groups in total. The molecule has 0 fully saturated rings. The maximum atomic E-state index is 14.2. The third kappa shape index (κ3) is 15.5. The average Bonchev–Trinajstić information content (AvgIpc) is 0.817. The van der Waals surface area contributed by atoms with Gasteiger partial charge in [-0.25, -0.2) is 9.59 Å². The lowest BCUT2D eigenvalue weighted by Gasteiger charge is -2.46. The molecule has 86 heavy (non-hydrogen) atoms. The fraction of sp³-hybridized carbons (Fsp3) is 0.148. The Kier molecular flexibility index (Phi) is 18.0. The largest absolute Gasteiger partial charge is 0.443 e. The Morgan fingerprint density at radius 2 is 0.512 bits per heavy atom. The zero-order chi connectivity index (χ0) is 64.0. The first kappa shape index (κ1) is 65.5. The van der Waals surface area contributed by atoms with E-state index >= 15 is 0 Å². The molecule has 2 aromatic heterocycles. The van der Waals surface area contributed by atoms with Crippen LogP contribution in [-0.2, 0) is 49.4 Å². The first-order valence-electron chi connectivity index (χ1n) is 23.2. The number of carbonyl (C=O) groups is 2. The number of carbonyl (C=O) groups excluding carboxylic acids is 2. The Labute approximate surface area is 475 Å². The van der Waals surface area contributed by atoms with Gasteiger partial charge in [0.05, 0.1) is 44.5 Å². The van der Waals surface area contributed by atoms with E-state index in [0.717, 1.165) is 0 Å². The quantitative estimate of drug-likeness (QED) is 0.0446. The molecule has 0 aliphatic carbocycles. The molecule has 456 valence electrons. The highest BCUT2D eigenvalue weighted by atomic mass is 127. The van der Waals surface area contributed by atoms with Crippen LogP contribution in [0.4, 0.5) is 105 Å². The van der Waals surface area contributed by atoms with Gasteiger partial charge in [-0.3, -0.25) is 0 Å². The highest BCUT2D eigenvalue weighted by molar-refractivity contribution is 7.20. The average molecular weight is 1360 g/mol. The van der Waals surface area contributed by atoms with Gasteiger partial charge in [0.2, 0.25) is 11.5 Å². The number of para-hydroxylation sites is 2. The van der Waals surface area contributed by atoms with E-state index in [0.29, 0.717) is 19.0 Å². The van der Waals surface area contributed by atoms with Crippen molar-refractivity contribution < 1.29 is 154 Å². The van der Waals surface area contributed by atoms with Gasteiger partial charge in [-0.15, -0.1) is 0 Å². The van der Waals surface area contributed by atoms with Crippen molar-refractivity contribution in [1.82, 2.24) is 0 Å². The van der Waals surface area contributed by atoms with Crippen molar-refractivity contribution in [3.05, 3.63) is 221 Å². The van der Waals surface area contributed by atoms with Crippen molar-refractivity contribution in [2.45, 2.75) is 49.4 Å². The lowest BCUT2D eigenvalue weighted by atomic mass is 9.12. The summed E-state index contributed by atoms with van der Waals surface area (Å²) >= 11 is -0.851. The van der Waals surface area contributed by atoms with Crippen LogP contribution in [0.25, 0.3) is 0 Å². The van der Waals surface area contributed by atoms with Gasteiger partial charge in [-0.1, -0.05) is 84.9 Å². The second kappa shape index (κ2) is 23.7. The number of alkyl halides is 24. The van der Waals surface area contributed by atoms with E-state index in [1.165, 1.54) is 0 Å².